The molecule has 0 spiro atoms. The maximum Gasteiger partial charge on any atom is 0.310 e. The summed E-state index contributed by atoms with van der Waals surface area (Å²) in [7, 11) is 0. The van der Waals surface area contributed by atoms with E-state index in [1.165, 1.54) is 0 Å². The van der Waals surface area contributed by atoms with Crippen molar-refractivity contribution in [3.63, 3.8) is 0 Å². The van der Waals surface area contributed by atoms with Crippen LogP contribution in [0.4, 0.5) is 0 Å². The lowest BCUT2D eigenvalue weighted by molar-refractivity contribution is -0.159. The second kappa shape index (κ2) is 8.21. The van der Waals surface area contributed by atoms with Crippen LogP contribution in [0.5, 0.6) is 0 Å². The van der Waals surface area contributed by atoms with Crippen molar-refractivity contribution in [1.82, 2.24) is 5.06 Å². The van der Waals surface area contributed by atoms with Crippen LogP contribution in [-0.2, 0) is 9.53 Å². The van der Waals surface area contributed by atoms with Gasteiger partial charge in [0.2, 0.25) is 0 Å². The molecule has 1 saturated carbocycles. The first-order valence-electron chi connectivity index (χ1n) is 7.28. The minimum absolute atomic E-state index is 0.181. The smallest absolute Gasteiger partial charge is 0.310 e. The van der Waals surface area contributed by atoms with E-state index in [9.17, 15) is 10.0 Å². The average molecular weight is 286 g/mol. The predicted octanol–water partition coefficient (Wildman–Crippen LogP) is 2.29. The molecule has 0 heterocycles. The molecule has 116 valence electrons. The Labute approximate surface area is 120 Å². The van der Waals surface area contributed by atoms with Gasteiger partial charge in [0.25, 0.3) is 0 Å². The van der Waals surface area contributed by atoms with E-state index in [-0.39, 0.29) is 18.6 Å². The van der Waals surface area contributed by atoms with E-state index in [4.69, 9.17) is 9.94 Å². The number of esters is 1. The molecule has 2 unspecified atom stereocenters. The van der Waals surface area contributed by atoms with Gasteiger partial charge in [0.15, 0.2) is 0 Å². The highest BCUT2D eigenvalue weighted by atomic mass is 16.5. The van der Waals surface area contributed by atoms with Gasteiger partial charge in [-0.3, -0.25) is 4.79 Å². The third-order valence-corrected chi connectivity index (χ3v) is 3.46. The van der Waals surface area contributed by atoms with Crippen LogP contribution in [-0.4, -0.2) is 46.4 Å². The Balaban J connectivity index is 2.47. The van der Waals surface area contributed by atoms with Crippen molar-refractivity contribution in [3.8, 4) is 0 Å². The number of ether oxygens (including phenoxy) is 1. The monoisotopic (exact) mass is 286 g/mol. The number of rotatable bonds is 6. The highest BCUT2D eigenvalue weighted by Crippen LogP contribution is 2.20. The minimum Gasteiger partial charge on any atom is -0.465 e. The number of hydrogen-bond acceptors (Lipinski definition) is 6. The summed E-state index contributed by atoms with van der Waals surface area (Å²) in [6.07, 6.45) is 3.37. The van der Waals surface area contributed by atoms with Crippen LogP contribution in [0.3, 0.4) is 0 Å². The summed E-state index contributed by atoms with van der Waals surface area (Å²) in [5.74, 6) is -0.431. The molecule has 0 amide bonds. The third-order valence-electron chi connectivity index (χ3n) is 3.46. The lowest BCUT2D eigenvalue weighted by atomic mass is 9.92. The number of hydrogen-bond donors (Lipinski definition) is 2. The molecule has 1 fully saturated rings. The fraction of sp³-hybridized carbons (Fsp3) is 0.857. The number of carbonyl (C=O) groups is 1. The van der Waals surface area contributed by atoms with Gasteiger partial charge in [-0.25, -0.2) is 0 Å². The Bertz CT molecular complexity index is 344. The van der Waals surface area contributed by atoms with Gasteiger partial charge in [0.05, 0.1) is 24.3 Å². The van der Waals surface area contributed by atoms with Gasteiger partial charge in [-0.1, -0.05) is 32.3 Å². The zero-order valence-corrected chi connectivity index (χ0v) is 12.6. The molecule has 0 aromatic heterocycles. The van der Waals surface area contributed by atoms with Crippen LogP contribution >= 0.6 is 0 Å². The minimum atomic E-state index is -0.416. The normalized spacial score (nSPS) is 23.3. The maximum absolute atomic E-state index is 11.8. The summed E-state index contributed by atoms with van der Waals surface area (Å²) in [5, 5.41) is 23.4. The fourth-order valence-electron chi connectivity index (χ4n) is 2.29. The summed E-state index contributed by atoms with van der Waals surface area (Å²) in [5.41, 5.74) is 0.585. The number of carbonyl (C=O) groups excluding carboxylic acids is 1. The number of hydroxylamine groups is 2. The lowest BCUT2D eigenvalue weighted by Crippen LogP contribution is -2.44. The van der Waals surface area contributed by atoms with E-state index in [1.807, 2.05) is 13.8 Å². The molecule has 6 heteroatoms. The fourth-order valence-corrected chi connectivity index (χ4v) is 2.29. The highest BCUT2D eigenvalue weighted by Gasteiger charge is 2.29. The largest absolute Gasteiger partial charge is 0.465 e. The second-order valence-corrected chi connectivity index (χ2v) is 5.90. The first kappa shape index (κ1) is 16.9. The van der Waals surface area contributed by atoms with Gasteiger partial charge in [-0.05, 0) is 25.2 Å². The molecule has 1 aliphatic carbocycles. The SMILES string of the molecule is CC(C)COC(=O)C(C)CN(O)C1CCCC/C1=N/O. The van der Waals surface area contributed by atoms with E-state index in [0.29, 0.717) is 24.7 Å². The van der Waals surface area contributed by atoms with Crippen LogP contribution in [0.25, 0.3) is 0 Å². The summed E-state index contributed by atoms with van der Waals surface area (Å²) in [6, 6.07) is -0.297. The Morgan fingerprint density at radius 2 is 2.15 bits per heavy atom. The second-order valence-electron chi connectivity index (χ2n) is 5.90. The van der Waals surface area contributed by atoms with Gasteiger partial charge >= 0.3 is 5.97 Å². The molecular formula is C14H26N2O4. The van der Waals surface area contributed by atoms with E-state index in [1.54, 1.807) is 6.92 Å². The van der Waals surface area contributed by atoms with Crippen LogP contribution < -0.4 is 0 Å². The highest BCUT2D eigenvalue weighted by molar-refractivity contribution is 5.89. The third kappa shape index (κ3) is 5.09. The van der Waals surface area contributed by atoms with Gasteiger partial charge in [-0.15, -0.1) is 0 Å². The van der Waals surface area contributed by atoms with Gasteiger partial charge < -0.3 is 15.2 Å². The maximum atomic E-state index is 11.8. The molecule has 1 rings (SSSR count). The Morgan fingerprint density at radius 3 is 2.75 bits per heavy atom. The van der Waals surface area contributed by atoms with E-state index in [2.05, 4.69) is 5.16 Å². The van der Waals surface area contributed by atoms with E-state index >= 15 is 0 Å². The van der Waals surface area contributed by atoms with Gasteiger partial charge in [-0.2, -0.15) is 5.06 Å². The summed E-state index contributed by atoms with van der Waals surface area (Å²) < 4.78 is 5.15. The predicted molar refractivity (Wildman–Crippen MR) is 74.9 cm³/mol. The summed E-state index contributed by atoms with van der Waals surface area (Å²) >= 11 is 0. The van der Waals surface area contributed by atoms with Crippen molar-refractivity contribution < 1.29 is 19.9 Å². The average Bonchev–Trinajstić information content (AvgIpc) is 2.44. The zero-order chi connectivity index (χ0) is 15.1. The Morgan fingerprint density at radius 1 is 1.45 bits per heavy atom. The molecule has 0 saturated heterocycles. The van der Waals surface area contributed by atoms with Crippen LogP contribution in [0.15, 0.2) is 5.16 Å². The van der Waals surface area contributed by atoms with Crippen LogP contribution in [0, 0.1) is 11.8 Å². The summed E-state index contributed by atoms with van der Waals surface area (Å²) in [6.45, 7) is 6.25. The van der Waals surface area contributed by atoms with Crippen molar-refractivity contribution in [1.29, 1.82) is 0 Å². The topological polar surface area (TPSA) is 82.4 Å². The van der Waals surface area contributed by atoms with Crippen molar-refractivity contribution in [2.75, 3.05) is 13.2 Å². The Hall–Kier alpha value is -1.14. The molecule has 0 bridgehead atoms. The summed E-state index contributed by atoms with van der Waals surface area (Å²) in [4.78, 5) is 11.8. The zero-order valence-electron chi connectivity index (χ0n) is 12.6. The van der Waals surface area contributed by atoms with E-state index in [0.717, 1.165) is 24.3 Å². The van der Waals surface area contributed by atoms with Crippen LogP contribution in [0.2, 0.25) is 0 Å². The quantitative estimate of drug-likeness (QED) is 0.445. The first-order chi connectivity index (χ1) is 9.45. The molecule has 2 N–H and O–H groups in total. The molecule has 0 aliphatic heterocycles. The lowest BCUT2D eigenvalue weighted by Gasteiger charge is -2.31. The number of oxime groups is 1. The molecular weight excluding hydrogens is 260 g/mol. The standard InChI is InChI=1S/C14H26N2O4/c1-10(2)9-20-14(17)11(3)8-16(19)13-7-5-4-6-12(13)15-18/h10-11,13,18-19H,4-9H2,1-3H3/b15-12-. The van der Waals surface area contributed by atoms with Crippen molar-refractivity contribution >= 4 is 11.7 Å². The van der Waals surface area contributed by atoms with Crippen LogP contribution in [0.1, 0.15) is 46.5 Å². The molecule has 0 aromatic rings. The van der Waals surface area contributed by atoms with E-state index < -0.39 is 5.92 Å². The molecule has 0 aromatic carbocycles. The molecule has 1 aliphatic rings. The van der Waals surface area contributed by atoms with Crippen molar-refractivity contribution in [2.45, 2.75) is 52.5 Å². The first-order valence-corrected chi connectivity index (χ1v) is 7.28. The molecule has 6 nitrogen and oxygen atoms in total. The molecule has 0 radical (unpaired) electrons. The molecule has 2 atom stereocenters. The molecule has 20 heavy (non-hydrogen) atoms. The van der Waals surface area contributed by atoms with Crippen molar-refractivity contribution in [2.24, 2.45) is 17.0 Å². The van der Waals surface area contributed by atoms with Crippen molar-refractivity contribution in [3.05, 3.63) is 0 Å². The Kier molecular flexibility index (Phi) is 6.95. The van der Waals surface area contributed by atoms with Gasteiger partial charge in [0, 0.05) is 6.54 Å². The van der Waals surface area contributed by atoms with Gasteiger partial charge in [0.1, 0.15) is 0 Å². The number of nitrogens with zero attached hydrogens (tertiary/aromatic N) is 2.